The summed E-state index contributed by atoms with van der Waals surface area (Å²) in [5.74, 6) is 0. The average Bonchev–Trinajstić information content (AvgIpc) is 2.05. The maximum atomic E-state index is 11.2. The van der Waals surface area contributed by atoms with E-state index in [1.54, 1.807) is 13.0 Å². The second kappa shape index (κ2) is 4.20. The lowest BCUT2D eigenvalue weighted by Crippen LogP contribution is -2.16. The highest BCUT2D eigenvalue weighted by atomic mass is 32.2. The largest absolute Gasteiger partial charge is 0.383 e. The lowest BCUT2D eigenvalue weighted by molar-refractivity contribution is 0.597. The van der Waals surface area contributed by atoms with Crippen LogP contribution in [0, 0.1) is 6.92 Å². The van der Waals surface area contributed by atoms with Gasteiger partial charge in [-0.3, -0.25) is 0 Å². The standard InChI is InChI=1S/C10H16N2O2S/c1-7(2)12-9-5-4-6-10(8(9)3)15(11,13)14/h4-7,12H,1-3H3,(H2,11,13,14). The molecule has 0 spiro atoms. The average molecular weight is 228 g/mol. The van der Waals surface area contributed by atoms with Gasteiger partial charge in [-0.25, -0.2) is 13.6 Å². The molecule has 0 aromatic heterocycles. The van der Waals surface area contributed by atoms with Crippen molar-refractivity contribution in [1.82, 2.24) is 0 Å². The molecule has 0 atom stereocenters. The Morgan fingerprint density at radius 2 is 1.93 bits per heavy atom. The Balaban J connectivity index is 3.24. The number of anilines is 1. The zero-order valence-electron chi connectivity index (χ0n) is 9.11. The summed E-state index contributed by atoms with van der Waals surface area (Å²) in [6.07, 6.45) is 0. The van der Waals surface area contributed by atoms with Crippen LogP contribution in [0.1, 0.15) is 19.4 Å². The molecule has 5 heteroatoms. The zero-order chi connectivity index (χ0) is 11.6. The topological polar surface area (TPSA) is 72.2 Å². The zero-order valence-corrected chi connectivity index (χ0v) is 9.93. The van der Waals surface area contributed by atoms with Crippen molar-refractivity contribution in [3.05, 3.63) is 23.8 Å². The van der Waals surface area contributed by atoms with Gasteiger partial charge < -0.3 is 5.32 Å². The summed E-state index contributed by atoms with van der Waals surface area (Å²) in [5.41, 5.74) is 1.46. The van der Waals surface area contributed by atoms with E-state index in [0.29, 0.717) is 5.56 Å². The van der Waals surface area contributed by atoms with E-state index in [0.717, 1.165) is 5.69 Å². The maximum Gasteiger partial charge on any atom is 0.238 e. The van der Waals surface area contributed by atoms with Crippen molar-refractivity contribution in [2.24, 2.45) is 5.14 Å². The molecule has 0 aliphatic carbocycles. The quantitative estimate of drug-likeness (QED) is 0.822. The van der Waals surface area contributed by atoms with Gasteiger partial charge in [-0.05, 0) is 38.5 Å². The minimum atomic E-state index is -3.63. The van der Waals surface area contributed by atoms with Crippen LogP contribution in [0.4, 0.5) is 5.69 Å². The van der Waals surface area contributed by atoms with Crippen molar-refractivity contribution in [3.63, 3.8) is 0 Å². The van der Waals surface area contributed by atoms with Gasteiger partial charge in [0.25, 0.3) is 0 Å². The van der Waals surface area contributed by atoms with E-state index in [-0.39, 0.29) is 10.9 Å². The van der Waals surface area contributed by atoms with E-state index >= 15 is 0 Å². The number of hydrogen-bond donors (Lipinski definition) is 2. The van der Waals surface area contributed by atoms with E-state index in [2.05, 4.69) is 5.32 Å². The number of rotatable bonds is 3. The van der Waals surface area contributed by atoms with Crippen LogP contribution >= 0.6 is 0 Å². The van der Waals surface area contributed by atoms with Crippen LogP contribution in [0.25, 0.3) is 0 Å². The molecule has 0 aliphatic rings. The Bertz CT molecular complexity index is 452. The minimum Gasteiger partial charge on any atom is -0.383 e. The van der Waals surface area contributed by atoms with E-state index in [1.807, 2.05) is 19.9 Å². The molecule has 0 amide bonds. The number of hydrogen-bond acceptors (Lipinski definition) is 3. The number of benzene rings is 1. The molecule has 1 rings (SSSR count). The summed E-state index contributed by atoms with van der Waals surface area (Å²) in [6.45, 7) is 5.72. The summed E-state index contributed by atoms with van der Waals surface area (Å²) >= 11 is 0. The Hall–Kier alpha value is -1.07. The van der Waals surface area contributed by atoms with E-state index in [9.17, 15) is 8.42 Å². The normalized spacial score (nSPS) is 11.8. The smallest absolute Gasteiger partial charge is 0.238 e. The van der Waals surface area contributed by atoms with Crippen LogP contribution in [0.5, 0.6) is 0 Å². The highest BCUT2D eigenvalue weighted by molar-refractivity contribution is 7.89. The lowest BCUT2D eigenvalue weighted by Gasteiger charge is -2.14. The maximum absolute atomic E-state index is 11.2. The van der Waals surface area contributed by atoms with Gasteiger partial charge in [-0.2, -0.15) is 0 Å². The fourth-order valence-electron chi connectivity index (χ4n) is 1.39. The third-order valence-electron chi connectivity index (χ3n) is 2.03. The van der Waals surface area contributed by atoms with Gasteiger partial charge in [0.2, 0.25) is 10.0 Å². The molecule has 4 nitrogen and oxygen atoms in total. The summed E-state index contributed by atoms with van der Waals surface area (Å²) in [7, 11) is -3.63. The first-order valence-corrected chi connectivity index (χ1v) is 6.26. The van der Waals surface area contributed by atoms with Crippen molar-refractivity contribution in [1.29, 1.82) is 0 Å². The Kier molecular flexibility index (Phi) is 3.36. The predicted molar refractivity (Wildman–Crippen MR) is 61.3 cm³/mol. The fourth-order valence-corrected chi connectivity index (χ4v) is 2.20. The number of nitrogens with two attached hydrogens (primary N) is 1. The number of nitrogens with one attached hydrogen (secondary N) is 1. The predicted octanol–water partition coefficient (Wildman–Crippen LogP) is 1.46. The van der Waals surface area contributed by atoms with Crippen LogP contribution in [-0.4, -0.2) is 14.5 Å². The molecule has 0 unspecified atom stereocenters. The monoisotopic (exact) mass is 228 g/mol. The first-order valence-electron chi connectivity index (χ1n) is 4.71. The van der Waals surface area contributed by atoms with E-state index < -0.39 is 10.0 Å². The Morgan fingerprint density at radius 3 is 2.40 bits per heavy atom. The van der Waals surface area contributed by atoms with Gasteiger partial charge in [-0.15, -0.1) is 0 Å². The second-order valence-electron chi connectivity index (χ2n) is 3.77. The van der Waals surface area contributed by atoms with Crippen LogP contribution < -0.4 is 10.5 Å². The first-order chi connectivity index (χ1) is 6.82. The third-order valence-corrected chi connectivity index (χ3v) is 3.09. The van der Waals surface area contributed by atoms with Gasteiger partial charge in [0.05, 0.1) is 4.90 Å². The molecule has 0 bridgehead atoms. The molecule has 0 aliphatic heterocycles. The van der Waals surface area contributed by atoms with Gasteiger partial charge in [0.15, 0.2) is 0 Å². The molecule has 0 heterocycles. The molecule has 0 radical (unpaired) electrons. The molecule has 1 aromatic rings. The summed E-state index contributed by atoms with van der Waals surface area (Å²) in [4.78, 5) is 0.174. The molecule has 0 saturated carbocycles. The van der Waals surface area contributed by atoms with Gasteiger partial charge in [0, 0.05) is 11.7 Å². The molecule has 0 fully saturated rings. The number of primary sulfonamides is 1. The molecular weight excluding hydrogens is 212 g/mol. The van der Waals surface area contributed by atoms with Crippen molar-refractivity contribution >= 4 is 15.7 Å². The van der Waals surface area contributed by atoms with E-state index in [4.69, 9.17) is 5.14 Å². The molecular formula is C10H16N2O2S. The van der Waals surface area contributed by atoms with Crippen molar-refractivity contribution in [3.8, 4) is 0 Å². The van der Waals surface area contributed by atoms with Crippen LogP contribution in [0.3, 0.4) is 0 Å². The highest BCUT2D eigenvalue weighted by Gasteiger charge is 2.13. The van der Waals surface area contributed by atoms with Crippen molar-refractivity contribution in [2.45, 2.75) is 31.7 Å². The van der Waals surface area contributed by atoms with Crippen LogP contribution in [0.2, 0.25) is 0 Å². The fraction of sp³-hybridized carbons (Fsp3) is 0.400. The van der Waals surface area contributed by atoms with Crippen LogP contribution in [0.15, 0.2) is 23.1 Å². The Morgan fingerprint density at radius 1 is 1.33 bits per heavy atom. The van der Waals surface area contributed by atoms with Gasteiger partial charge in [0.1, 0.15) is 0 Å². The third kappa shape index (κ3) is 2.94. The van der Waals surface area contributed by atoms with E-state index in [1.165, 1.54) is 6.07 Å². The summed E-state index contributed by atoms with van der Waals surface area (Å²) in [5, 5.41) is 8.27. The minimum absolute atomic E-state index is 0.174. The van der Waals surface area contributed by atoms with Crippen molar-refractivity contribution < 1.29 is 8.42 Å². The number of sulfonamides is 1. The molecule has 0 saturated heterocycles. The summed E-state index contributed by atoms with van der Waals surface area (Å²) in [6, 6.07) is 5.27. The van der Waals surface area contributed by atoms with Gasteiger partial charge in [-0.1, -0.05) is 6.07 Å². The van der Waals surface area contributed by atoms with Crippen molar-refractivity contribution in [2.75, 3.05) is 5.32 Å². The van der Waals surface area contributed by atoms with Gasteiger partial charge >= 0.3 is 0 Å². The molecule has 15 heavy (non-hydrogen) atoms. The second-order valence-corrected chi connectivity index (χ2v) is 5.30. The lowest BCUT2D eigenvalue weighted by atomic mass is 10.2. The summed E-state index contributed by atoms with van der Waals surface area (Å²) < 4.78 is 22.5. The SMILES string of the molecule is Cc1c(NC(C)C)cccc1S(N)(=O)=O. The molecule has 3 N–H and O–H groups in total. The van der Waals surface area contributed by atoms with Crippen LogP contribution in [-0.2, 0) is 10.0 Å². The first kappa shape index (κ1) is 12.0. The Labute approximate surface area is 90.5 Å². The molecule has 84 valence electrons. The highest BCUT2D eigenvalue weighted by Crippen LogP contribution is 2.22. The molecule has 1 aromatic carbocycles.